The highest BCUT2D eigenvalue weighted by molar-refractivity contribution is 5.94. The van der Waals surface area contributed by atoms with E-state index in [2.05, 4.69) is 5.32 Å². The zero-order valence-electron chi connectivity index (χ0n) is 15.2. The number of hydrogen-bond donors (Lipinski definition) is 1. The van der Waals surface area contributed by atoms with Crippen LogP contribution in [0.15, 0.2) is 36.4 Å². The lowest BCUT2D eigenvalue weighted by Crippen LogP contribution is -2.23. The number of nitrogens with zero attached hydrogens (tertiary/aromatic N) is 1. The molecule has 2 rings (SSSR count). The molecule has 0 radical (unpaired) electrons. The number of benzene rings is 2. The molecular formula is C19H22N2O5. The third-order valence-electron chi connectivity index (χ3n) is 3.70. The molecule has 0 spiro atoms. The quantitative estimate of drug-likeness (QED) is 0.603. The highest BCUT2D eigenvalue weighted by Gasteiger charge is 2.14. The van der Waals surface area contributed by atoms with Crippen molar-refractivity contribution >= 4 is 11.6 Å². The SMILES string of the molecule is COc1cc(CNC(=O)c2ccc([N+](=O)[O-])c(C)c2)ccc1OC(C)C. The van der Waals surface area contributed by atoms with Crippen LogP contribution < -0.4 is 14.8 Å². The summed E-state index contributed by atoms with van der Waals surface area (Å²) in [5, 5.41) is 13.6. The van der Waals surface area contributed by atoms with Crippen LogP contribution in [0.5, 0.6) is 11.5 Å². The van der Waals surface area contributed by atoms with Crippen molar-refractivity contribution in [2.24, 2.45) is 0 Å². The summed E-state index contributed by atoms with van der Waals surface area (Å²) in [6.45, 7) is 5.76. The van der Waals surface area contributed by atoms with Crippen LogP contribution in [0.3, 0.4) is 0 Å². The fraction of sp³-hybridized carbons (Fsp3) is 0.316. The molecule has 2 aromatic carbocycles. The van der Waals surface area contributed by atoms with Crippen LogP contribution in [0.2, 0.25) is 0 Å². The molecule has 0 fully saturated rings. The maximum atomic E-state index is 12.3. The second-order valence-corrected chi connectivity index (χ2v) is 6.09. The first kappa shape index (κ1) is 19.2. The second-order valence-electron chi connectivity index (χ2n) is 6.09. The Labute approximate surface area is 152 Å². The zero-order chi connectivity index (χ0) is 19.3. The van der Waals surface area contributed by atoms with Gasteiger partial charge in [0.15, 0.2) is 11.5 Å². The first-order valence-electron chi connectivity index (χ1n) is 8.18. The minimum absolute atomic E-state index is 0.00738. The van der Waals surface area contributed by atoms with Gasteiger partial charge in [0, 0.05) is 23.7 Å². The Hall–Kier alpha value is -3.09. The van der Waals surface area contributed by atoms with Crippen molar-refractivity contribution in [1.29, 1.82) is 0 Å². The molecule has 0 bridgehead atoms. The number of carbonyl (C=O) groups excluding carboxylic acids is 1. The van der Waals surface area contributed by atoms with Crippen LogP contribution in [0.1, 0.15) is 35.3 Å². The maximum Gasteiger partial charge on any atom is 0.272 e. The third kappa shape index (κ3) is 4.72. The van der Waals surface area contributed by atoms with Gasteiger partial charge >= 0.3 is 0 Å². The first-order valence-corrected chi connectivity index (χ1v) is 8.18. The lowest BCUT2D eigenvalue weighted by atomic mass is 10.1. The van der Waals surface area contributed by atoms with Crippen LogP contribution in [0.25, 0.3) is 0 Å². The van der Waals surface area contributed by atoms with Gasteiger partial charge in [0.2, 0.25) is 0 Å². The van der Waals surface area contributed by atoms with E-state index < -0.39 is 4.92 Å². The summed E-state index contributed by atoms with van der Waals surface area (Å²) >= 11 is 0. The molecule has 0 unspecified atom stereocenters. The number of nitro benzene ring substituents is 1. The predicted molar refractivity (Wildman–Crippen MR) is 97.8 cm³/mol. The molecule has 0 aliphatic heterocycles. The number of ether oxygens (including phenoxy) is 2. The molecule has 0 aromatic heterocycles. The number of nitro groups is 1. The summed E-state index contributed by atoms with van der Waals surface area (Å²) < 4.78 is 11.0. The summed E-state index contributed by atoms with van der Waals surface area (Å²) in [7, 11) is 1.56. The fourth-order valence-electron chi connectivity index (χ4n) is 2.46. The van der Waals surface area contributed by atoms with E-state index in [0.717, 1.165) is 5.56 Å². The Morgan fingerprint density at radius 3 is 2.50 bits per heavy atom. The molecule has 138 valence electrons. The number of aryl methyl sites for hydroxylation is 1. The molecule has 0 heterocycles. The van der Waals surface area contributed by atoms with E-state index in [-0.39, 0.29) is 17.7 Å². The highest BCUT2D eigenvalue weighted by Crippen LogP contribution is 2.29. The summed E-state index contributed by atoms with van der Waals surface area (Å²) in [5.74, 6) is 0.935. The summed E-state index contributed by atoms with van der Waals surface area (Å²) in [6, 6.07) is 9.75. The highest BCUT2D eigenvalue weighted by atomic mass is 16.6. The van der Waals surface area contributed by atoms with Crippen LogP contribution in [-0.2, 0) is 6.54 Å². The van der Waals surface area contributed by atoms with E-state index >= 15 is 0 Å². The molecule has 2 aromatic rings. The topological polar surface area (TPSA) is 90.7 Å². The Kier molecular flexibility index (Phi) is 6.16. The number of hydrogen-bond acceptors (Lipinski definition) is 5. The van der Waals surface area contributed by atoms with Gasteiger partial charge in [0.1, 0.15) is 0 Å². The Morgan fingerprint density at radius 2 is 1.92 bits per heavy atom. The van der Waals surface area contributed by atoms with Crippen molar-refractivity contribution in [3.8, 4) is 11.5 Å². The third-order valence-corrected chi connectivity index (χ3v) is 3.70. The van der Waals surface area contributed by atoms with Crippen molar-refractivity contribution < 1.29 is 19.2 Å². The molecule has 0 aliphatic carbocycles. The monoisotopic (exact) mass is 358 g/mol. The van der Waals surface area contributed by atoms with Gasteiger partial charge in [-0.3, -0.25) is 14.9 Å². The Bertz CT molecular complexity index is 818. The van der Waals surface area contributed by atoms with Crippen LogP contribution >= 0.6 is 0 Å². The lowest BCUT2D eigenvalue weighted by molar-refractivity contribution is -0.385. The van der Waals surface area contributed by atoms with Gasteiger partial charge in [-0.2, -0.15) is 0 Å². The van der Waals surface area contributed by atoms with E-state index in [1.807, 2.05) is 19.9 Å². The van der Waals surface area contributed by atoms with E-state index in [9.17, 15) is 14.9 Å². The standard InChI is InChI=1S/C19H22N2O5/c1-12(2)26-17-8-5-14(10-18(17)25-4)11-20-19(22)15-6-7-16(21(23)24)13(3)9-15/h5-10,12H,11H2,1-4H3,(H,20,22). The normalized spacial score (nSPS) is 10.5. The molecular weight excluding hydrogens is 336 g/mol. The van der Waals surface area contributed by atoms with Gasteiger partial charge < -0.3 is 14.8 Å². The maximum absolute atomic E-state index is 12.3. The van der Waals surface area contributed by atoms with Gasteiger partial charge in [-0.1, -0.05) is 6.07 Å². The van der Waals surface area contributed by atoms with Crippen LogP contribution in [0, 0.1) is 17.0 Å². The first-order chi connectivity index (χ1) is 12.3. The molecule has 0 aliphatic rings. The number of methoxy groups -OCH3 is 1. The minimum Gasteiger partial charge on any atom is -0.493 e. The number of rotatable bonds is 7. The van der Waals surface area contributed by atoms with Crippen molar-refractivity contribution in [3.63, 3.8) is 0 Å². The number of amides is 1. The smallest absolute Gasteiger partial charge is 0.272 e. The van der Waals surface area contributed by atoms with Gasteiger partial charge in [0.05, 0.1) is 18.1 Å². The Morgan fingerprint density at radius 1 is 1.19 bits per heavy atom. The molecule has 7 heteroatoms. The van der Waals surface area contributed by atoms with E-state index in [4.69, 9.17) is 9.47 Å². The van der Waals surface area contributed by atoms with Gasteiger partial charge in [0.25, 0.3) is 11.6 Å². The molecule has 1 amide bonds. The van der Waals surface area contributed by atoms with Crippen molar-refractivity contribution in [2.45, 2.75) is 33.4 Å². The fourth-order valence-corrected chi connectivity index (χ4v) is 2.46. The molecule has 1 N–H and O–H groups in total. The van der Waals surface area contributed by atoms with Gasteiger partial charge in [-0.25, -0.2) is 0 Å². The van der Waals surface area contributed by atoms with Crippen molar-refractivity contribution in [1.82, 2.24) is 5.32 Å². The number of carbonyl (C=O) groups is 1. The van der Waals surface area contributed by atoms with Gasteiger partial charge in [-0.05, 0) is 50.6 Å². The lowest BCUT2D eigenvalue weighted by Gasteiger charge is -2.14. The summed E-state index contributed by atoms with van der Waals surface area (Å²) in [6.07, 6.45) is 0.0276. The van der Waals surface area contributed by atoms with E-state index in [0.29, 0.717) is 29.2 Å². The van der Waals surface area contributed by atoms with E-state index in [1.165, 1.54) is 18.2 Å². The Balaban J connectivity index is 2.07. The zero-order valence-corrected chi connectivity index (χ0v) is 15.2. The predicted octanol–water partition coefficient (Wildman–Crippen LogP) is 3.63. The largest absolute Gasteiger partial charge is 0.493 e. The average Bonchev–Trinajstić information content (AvgIpc) is 2.59. The molecule has 0 saturated heterocycles. The van der Waals surface area contributed by atoms with Crippen molar-refractivity contribution in [3.05, 3.63) is 63.2 Å². The molecule has 0 atom stereocenters. The molecule has 7 nitrogen and oxygen atoms in total. The van der Waals surface area contributed by atoms with E-state index in [1.54, 1.807) is 26.2 Å². The molecule has 0 saturated carbocycles. The number of nitrogens with one attached hydrogen (secondary N) is 1. The second kappa shape index (κ2) is 8.33. The molecule has 26 heavy (non-hydrogen) atoms. The summed E-state index contributed by atoms with van der Waals surface area (Å²) in [4.78, 5) is 22.7. The van der Waals surface area contributed by atoms with Crippen LogP contribution in [-0.4, -0.2) is 24.0 Å². The van der Waals surface area contributed by atoms with Crippen LogP contribution in [0.4, 0.5) is 5.69 Å². The summed E-state index contributed by atoms with van der Waals surface area (Å²) in [5.41, 5.74) is 1.66. The van der Waals surface area contributed by atoms with Crippen molar-refractivity contribution in [2.75, 3.05) is 7.11 Å². The van der Waals surface area contributed by atoms with Gasteiger partial charge in [-0.15, -0.1) is 0 Å². The average molecular weight is 358 g/mol. The minimum atomic E-state index is -0.468.